The van der Waals surface area contributed by atoms with E-state index in [0.717, 1.165) is 20.7 Å². The molecule has 0 heterocycles. The smallest absolute Gasteiger partial charge is 0.124 e. The highest BCUT2D eigenvalue weighted by atomic mass is 79.9. The fourth-order valence-electron chi connectivity index (χ4n) is 1.89. The van der Waals surface area contributed by atoms with Crippen LogP contribution < -0.4 is 0 Å². The molecule has 0 unspecified atom stereocenters. The minimum Gasteiger partial charge on any atom is -0.207 e. The largest absolute Gasteiger partial charge is 0.207 e. The highest BCUT2D eigenvalue weighted by Gasteiger charge is 2.04. The third-order valence-corrected chi connectivity index (χ3v) is 4.94. The monoisotopic (exact) mass is 350 g/mol. The molecule has 0 N–H and O–H groups in total. The summed E-state index contributed by atoms with van der Waals surface area (Å²) in [4.78, 5) is 2.16. The number of hydrogen-bond donors (Lipinski definition) is 0. The van der Waals surface area contributed by atoms with E-state index in [1.165, 1.54) is 23.3 Å². The summed E-state index contributed by atoms with van der Waals surface area (Å²) in [5.74, 6) is -0.225. The second-order valence-electron chi connectivity index (χ2n) is 4.50. The first-order valence-electron chi connectivity index (χ1n) is 6.50. The molecule has 0 nitrogen and oxygen atoms in total. The van der Waals surface area contributed by atoms with Gasteiger partial charge in [-0.2, -0.15) is 0 Å². The van der Waals surface area contributed by atoms with Crippen LogP contribution >= 0.6 is 27.7 Å². The lowest BCUT2D eigenvalue weighted by Gasteiger charge is -2.06. The number of rotatable bonds is 4. The Morgan fingerprint density at radius 1 is 1.20 bits per heavy atom. The Labute approximate surface area is 132 Å². The highest BCUT2D eigenvalue weighted by molar-refractivity contribution is 9.10. The van der Waals surface area contributed by atoms with Crippen molar-refractivity contribution in [2.24, 2.45) is 0 Å². The molecule has 2 aromatic carbocycles. The predicted octanol–water partition coefficient (Wildman–Crippen LogP) is 6.55. The molecule has 0 spiro atoms. The van der Waals surface area contributed by atoms with E-state index in [0.29, 0.717) is 0 Å². The Morgan fingerprint density at radius 3 is 2.50 bits per heavy atom. The highest BCUT2D eigenvalue weighted by Crippen LogP contribution is 2.34. The van der Waals surface area contributed by atoms with Crippen LogP contribution in [-0.4, -0.2) is 0 Å². The van der Waals surface area contributed by atoms with E-state index in [1.54, 1.807) is 17.8 Å². The van der Waals surface area contributed by atoms with Crippen LogP contribution in [-0.2, 0) is 0 Å². The van der Waals surface area contributed by atoms with Gasteiger partial charge in [0.1, 0.15) is 5.82 Å². The number of hydrogen-bond acceptors (Lipinski definition) is 1. The zero-order chi connectivity index (χ0) is 14.5. The van der Waals surface area contributed by atoms with Gasteiger partial charge in [0.05, 0.1) is 0 Å². The first kappa shape index (κ1) is 15.3. The van der Waals surface area contributed by atoms with Crippen molar-refractivity contribution >= 4 is 33.3 Å². The summed E-state index contributed by atoms with van der Waals surface area (Å²) < 4.78 is 13.8. The van der Waals surface area contributed by atoms with Gasteiger partial charge >= 0.3 is 0 Å². The molecule has 2 rings (SSSR count). The third kappa shape index (κ3) is 3.97. The van der Waals surface area contributed by atoms with Crippen LogP contribution in [0.1, 0.15) is 25.8 Å². The number of benzene rings is 2. The van der Waals surface area contributed by atoms with E-state index < -0.39 is 0 Å². The van der Waals surface area contributed by atoms with Crippen LogP contribution in [0.25, 0.3) is 5.57 Å². The van der Waals surface area contributed by atoms with Crippen LogP contribution in [0.5, 0.6) is 0 Å². The summed E-state index contributed by atoms with van der Waals surface area (Å²) in [6.45, 7) is 4.27. The maximum atomic E-state index is 13.1. The Morgan fingerprint density at radius 2 is 1.90 bits per heavy atom. The predicted molar refractivity (Wildman–Crippen MR) is 88.6 cm³/mol. The molecule has 0 fully saturated rings. The van der Waals surface area contributed by atoms with E-state index in [-0.39, 0.29) is 5.82 Å². The van der Waals surface area contributed by atoms with Gasteiger partial charge in [-0.1, -0.05) is 36.9 Å². The van der Waals surface area contributed by atoms with Gasteiger partial charge in [-0.25, -0.2) is 4.39 Å². The number of allylic oxidation sites excluding steroid dienone is 2. The van der Waals surface area contributed by atoms with Crippen molar-refractivity contribution in [2.45, 2.75) is 30.1 Å². The molecule has 0 saturated carbocycles. The van der Waals surface area contributed by atoms with Crippen LogP contribution in [0.2, 0.25) is 0 Å². The van der Waals surface area contributed by atoms with Crippen molar-refractivity contribution in [3.05, 3.63) is 64.4 Å². The molecule has 2 aromatic rings. The summed E-state index contributed by atoms with van der Waals surface area (Å²) in [7, 11) is 0. The maximum absolute atomic E-state index is 13.1. The van der Waals surface area contributed by atoms with Crippen molar-refractivity contribution in [3.8, 4) is 0 Å². The van der Waals surface area contributed by atoms with Crippen molar-refractivity contribution in [1.29, 1.82) is 0 Å². The molecule has 0 radical (unpaired) electrons. The van der Waals surface area contributed by atoms with Gasteiger partial charge in [-0.15, -0.1) is 0 Å². The molecule has 0 aliphatic carbocycles. The molecular formula is C17H16BrFS. The van der Waals surface area contributed by atoms with E-state index >= 15 is 0 Å². The average Bonchev–Trinajstić information content (AvgIpc) is 2.43. The summed E-state index contributed by atoms with van der Waals surface area (Å²) in [6.07, 6.45) is 3.27. The van der Waals surface area contributed by atoms with Crippen molar-refractivity contribution in [2.75, 3.05) is 0 Å². The molecule has 0 saturated heterocycles. The quantitative estimate of drug-likeness (QED) is 0.602. The standard InChI is InChI=1S/C17H16BrFS/c1-3-4-12(2)13-5-8-15(9-6-13)20-17-10-7-14(19)11-16(17)18/h4-11H,3H2,1-2H3/b12-4+. The average molecular weight is 351 g/mol. The van der Waals surface area contributed by atoms with Crippen molar-refractivity contribution in [3.63, 3.8) is 0 Å². The zero-order valence-electron chi connectivity index (χ0n) is 11.5. The second-order valence-corrected chi connectivity index (χ2v) is 6.47. The zero-order valence-corrected chi connectivity index (χ0v) is 13.9. The Bertz CT molecular complexity index is 617. The van der Waals surface area contributed by atoms with Crippen LogP contribution in [0.3, 0.4) is 0 Å². The minimum absolute atomic E-state index is 0.225. The first-order valence-corrected chi connectivity index (χ1v) is 8.11. The lowest BCUT2D eigenvalue weighted by Crippen LogP contribution is -1.82. The Balaban J connectivity index is 2.17. The molecule has 0 aliphatic heterocycles. The SMILES string of the molecule is CC/C=C(\C)c1ccc(Sc2ccc(F)cc2Br)cc1. The lowest BCUT2D eigenvalue weighted by atomic mass is 10.1. The summed E-state index contributed by atoms with van der Waals surface area (Å²) in [6, 6.07) is 13.2. The van der Waals surface area contributed by atoms with Crippen LogP contribution in [0, 0.1) is 5.82 Å². The van der Waals surface area contributed by atoms with Crippen LogP contribution in [0.4, 0.5) is 4.39 Å². The molecule has 104 valence electrons. The molecule has 20 heavy (non-hydrogen) atoms. The Hall–Kier alpha value is -1.06. The molecule has 0 amide bonds. The van der Waals surface area contributed by atoms with Gasteiger partial charge in [0.2, 0.25) is 0 Å². The maximum Gasteiger partial charge on any atom is 0.124 e. The number of halogens is 2. The van der Waals surface area contributed by atoms with E-state index in [1.807, 2.05) is 0 Å². The van der Waals surface area contributed by atoms with Gasteiger partial charge in [0.15, 0.2) is 0 Å². The normalized spacial score (nSPS) is 11.7. The van der Waals surface area contributed by atoms with Gasteiger partial charge in [0.25, 0.3) is 0 Å². The van der Waals surface area contributed by atoms with E-state index in [2.05, 4.69) is 60.1 Å². The van der Waals surface area contributed by atoms with E-state index in [9.17, 15) is 4.39 Å². The molecule has 0 aliphatic rings. The van der Waals surface area contributed by atoms with Crippen molar-refractivity contribution < 1.29 is 4.39 Å². The fourth-order valence-corrected chi connectivity index (χ4v) is 3.31. The summed E-state index contributed by atoms with van der Waals surface area (Å²) >= 11 is 5.02. The van der Waals surface area contributed by atoms with Gasteiger partial charge < -0.3 is 0 Å². The summed E-state index contributed by atoms with van der Waals surface area (Å²) in [5.41, 5.74) is 2.54. The fraction of sp³-hybridized carbons (Fsp3) is 0.176. The molecule has 3 heteroatoms. The molecule has 0 atom stereocenters. The first-order chi connectivity index (χ1) is 9.60. The Kier molecular flexibility index (Phi) is 5.44. The second kappa shape index (κ2) is 7.09. The minimum atomic E-state index is -0.225. The van der Waals surface area contributed by atoms with Gasteiger partial charge in [-0.3, -0.25) is 0 Å². The van der Waals surface area contributed by atoms with Crippen LogP contribution in [0.15, 0.2) is 62.8 Å². The molecule has 0 aromatic heterocycles. The topological polar surface area (TPSA) is 0 Å². The van der Waals surface area contributed by atoms with Gasteiger partial charge in [0, 0.05) is 14.3 Å². The van der Waals surface area contributed by atoms with Crippen molar-refractivity contribution in [1.82, 2.24) is 0 Å². The molecule has 0 bridgehead atoms. The lowest BCUT2D eigenvalue weighted by molar-refractivity contribution is 0.625. The third-order valence-electron chi connectivity index (χ3n) is 2.94. The van der Waals surface area contributed by atoms with Gasteiger partial charge in [-0.05, 0) is 70.7 Å². The summed E-state index contributed by atoms with van der Waals surface area (Å²) in [5, 5.41) is 0. The van der Waals surface area contributed by atoms with E-state index in [4.69, 9.17) is 0 Å². The molecular weight excluding hydrogens is 335 g/mol.